The molecule has 0 bridgehead atoms. The van der Waals surface area contributed by atoms with Crippen LogP contribution in [0.25, 0.3) is 11.4 Å². The standard InChI is InChI=1S/C15H14N4O2/c1-20-14-9-12(15-16-18-19-17-15)7-8-13(14)21-10-11-5-3-2-4-6-11/h2-9H,10H2,1H3,(H,16,17,18,19). The Morgan fingerprint density at radius 2 is 1.90 bits per heavy atom. The van der Waals surface area contributed by atoms with E-state index in [2.05, 4.69) is 20.6 Å². The molecule has 0 aliphatic rings. The number of ether oxygens (including phenoxy) is 2. The number of hydrogen-bond donors (Lipinski definition) is 1. The lowest BCUT2D eigenvalue weighted by molar-refractivity contribution is 0.284. The molecule has 0 unspecified atom stereocenters. The second-order valence-corrected chi connectivity index (χ2v) is 4.38. The fourth-order valence-electron chi connectivity index (χ4n) is 1.95. The summed E-state index contributed by atoms with van der Waals surface area (Å²) in [6.45, 7) is 0.485. The van der Waals surface area contributed by atoms with E-state index in [0.29, 0.717) is 23.9 Å². The summed E-state index contributed by atoms with van der Waals surface area (Å²) in [4.78, 5) is 0. The molecule has 0 radical (unpaired) electrons. The molecule has 0 amide bonds. The van der Waals surface area contributed by atoms with Crippen molar-refractivity contribution in [1.82, 2.24) is 20.6 Å². The van der Waals surface area contributed by atoms with Gasteiger partial charge in [-0.3, -0.25) is 0 Å². The van der Waals surface area contributed by atoms with Crippen molar-refractivity contribution in [1.29, 1.82) is 0 Å². The Bertz CT molecular complexity index is 699. The van der Waals surface area contributed by atoms with E-state index in [1.54, 1.807) is 7.11 Å². The minimum Gasteiger partial charge on any atom is -0.493 e. The molecule has 1 heterocycles. The van der Waals surface area contributed by atoms with Crippen LogP contribution in [0.4, 0.5) is 0 Å². The van der Waals surface area contributed by atoms with Gasteiger partial charge in [0.25, 0.3) is 0 Å². The number of methoxy groups -OCH3 is 1. The van der Waals surface area contributed by atoms with Gasteiger partial charge < -0.3 is 9.47 Å². The van der Waals surface area contributed by atoms with E-state index < -0.39 is 0 Å². The van der Waals surface area contributed by atoms with Gasteiger partial charge in [-0.25, -0.2) is 0 Å². The van der Waals surface area contributed by atoms with Gasteiger partial charge in [0.05, 0.1) is 7.11 Å². The van der Waals surface area contributed by atoms with Gasteiger partial charge in [0.2, 0.25) is 5.82 Å². The zero-order chi connectivity index (χ0) is 14.5. The number of aromatic nitrogens is 4. The maximum absolute atomic E-state index is 5.80. The van der Waals surface area contributed by atoms with Gasteiger partial charge in [0.1, 0.15) is 6.61 Å². The third-order valence-electron chi connectivity index (χ3n) is 3.00. The van der Waals surface area contributed by atoms with Crippen LogP contribution in [0.2, 0.25) is 0 Å². The van der Waals surface area contributed by atoms with Gasteiger partial charge in [0, 0.05) is 5.56 Å². The van der Waals surface area contributed by atoms with Gasteiger partial charge in [-0.1, -0.05) is 30.3 Å². The van der Waals surface area contributed by atoms with Crippen LogP contribution in [-0.2, 0) is 6.61 Å². The molecule has 106 valence electrons. The number of rotatable bonds is 5. The summed E-state index contributed by atoms with van der Waals surface area (Å²) < 4.78 is 11.2. The second-order valence-electron chi connectivity index (χ2n) is 4.38. The fraction of sp³-hybridized carbons (Fsp3) is 0.133. The predicted octanol–water partition coefficient (Wildman–Crippen LogP) is 2.45. The number of nitrogens with one attached hydrogen (secondary N) is 1. The molecule has 1 N–H and O–H groups in total. The highest BCUT2D eigenvalue weighted by molar-refractivity contribution is 5.60. The van der Waals surface area contributed by atoms with Gasteiger partial charge in [0.15, 0.2) is 11.5 Å². The number of hydrogen-bond acceptors (Lipinski definition) is 5. The lowest BCUT2D eigenvalue weighted by Crippen LogP contribution is -1.98. The molecule has 0 atom stereocenters. The zero-order valence-corrected chi connectivity index (χ0v) is 11.5. The minimum absolute atomic E-state index is 0.485. The quantitative estimate of drug-likeness (QED) is 0.778. The molecule has 6 heteroatoms. The molecule has 3 rings (SSSR count). The van der Waals surface area contributed by atoms with Crippen molar-refractivity contribution in [3.05, 3.63) is 54.1 Å². The van der Waals surface area contributed by atoms with Crippen molar-refractivity contribution < 1.29 is 9.47 Å². The number of H-pyrrole nitrogens is 1. The molecule has 0 saturated carbocycles. The molecule has 0 fully saturated rings. The Hall–Kier alpha value is -2.89. The third-order valence-corrected chi connectivity index (χ3v) is 3.00. The van der Waals surface area contributed by atoms with E-state index in [-0.39, 0.29) is 0 Å². The number of nitrogens with zero attached hydrogens (tertiary/aromatic N) is 3. The average Bonchev–Trinajstić information content (AvgIpc) is 3.08. The van der Waals surface area contributed by atoms with Crippen molar-refractivity contribution in [3.63, 3.8) is 0 Å². The predicted molar refractivity (Wildman–Crippen MR) is 76.9 cm³/mol. The summed E-state index contributed by atoms with van der Waals surface area (Å²) in [7, 11) is 1.60. The van der Waals surface area contributed by atoms with Gasteiger partial charge >= 0.3 is 0 Å². The first-order valence-electron chi connectivity index (χ1n) is 6.45. The smallest absolute Gasteiger partial charge is 0.204 e. The molecule has 0 aliphatic heterocycles. The molecule has 6 nitrogen and oxygen atoms in total. The largest absolute Gasteiger partial charge is 0.493 e. The Balaban J connectivity index is 1.79. The first-order chi connectivity index (χ1) is 10.4. The average molecular weight is 282 g/mol. The van der Waals surface area contributed by atoms with Gasteiger partial charge in [-0.2, -0.15) is 5.21 Å². The van der Waals surface area contributed by atoms with E-state index in [1.807, 2.05) is 48.5 Å². The van der Waals surface area contributed by atoms with Crippen molar-refractivity contribution in [3.8, 4) is 22.9 Å². The highest BCUT2D eigenvalue weighted by Crippen LogP contribution is 2.31. The molecule has 21 heavy (non-hydrogen) atoms. The lowest BCUT2D eigenvalue weighted by atomic mass is 10.2. The summed E-state index contributed by atoms with van der Waals surface area (Å²) in [6.07, 6.45) is 0. The summed E-state index contributed by atoms with van der Waals surface area (Å²) in [5.41, 5.74) is 1.91. The molecule has 0 spiro atoms. The molecule has 0 saturated heterocycles. The van der Waals surface area contributed by atoms with Crippen LogP contribution in [0.1, 0.15) is 5.56 Å². The summed E-state index contributed by atoms with van der Waals surface area (Å²) >= 11 is 0. The van der Waals surface area contributed by atoms with Crippen LogP contribution in [-0.4, -0.2) is 27.7 Å². The monoisotopic (exact) mass is 282 g/mol. The van der Waals surface area contributed by atoms with Crippen LogP contribution in [0, 0.1) is 0 Å². The number of aromatic amines is 1. The SMILES string of the molecule is COc1cc(-c2nn[nH]n2)ccc1OCc1ccccc1. The van der Waals surface area contributed by atoms with E-state index in [4.69, 9.17) is 9.47 Å². The van der Waals surface area contributed by atoms with Crippen LogP contribution in [0.5, 0.6) is 11.5 Å². The molecular weight excluding hydrogens is 268 g/mol. The van der Waals surface area contributed by atoms with Crippen molar-refractivity contribution in [2.24, 2.45) is 0 Å². The summed E-state index contributed by atoms with van der Waals surface area (Å²) in [5, 5.41) is 13.9. The second kappa shape index (κ2) is 6.04. The molecule has 1 aromatic heterocycles. The molecule has 3 aromatic rings. The normalized spacial score (nSPS) is 10.3. The maximum atomic E-state index is 5.80. The Morgan fingerprint density at radius 1 is 1.05 bits per heavy atom. The topological polar surface area (TPSA) is 72.9 Å². The van der Waals surface area contributed by atoms with Crippen LogP contribution < -0.4 is 9.47 Å². The van der Waals surface area contributed by atoms with Crippen molar-refractivity contribution in [2.45, 2.75) is 6.61 Å². The molecule has 2 aromatic carbocycles. The molecular formula is C15H14N4O2. The summed E-state index contributed by atoms with van der Waals surface area (Å²) in [6, 6.07) is 15.5. The minimum atomic E-state index is 0.485. The van der Waals surface area contributed by atoms with Crippen LogP contribution in [0.15, 0.2) is 48.5 Å². The summed E-state index contributed by atoms with van der Waals surface area (Å²) in [5.74, 6) is 1.82. The van der Waals surface area contributed by atoms with Crippen LogP contribution >= 0.6 is 0 Å². The van der Waals surface area contributed by atoms with Crippen LogP contribution in [0.3, 0.4) is 0 Å². The number of tetrazole rings is 1. The van der Waals surface area contributed by atoms with E-state index in [9.17, 15) is 0 Å². The van der Waals surface area contributed by atoms with Crippen molar-refractivity contribution in [2.75, 3.05) is 7.11 Å². The third kappa shape index (κ3) is 3.00. The Labute approximate surface area is 121 Å². The lowest BCUT2D eigenvalue weighted by Gasteiger charge is -2.11. The first kappa shape index (κ1) is 13.1. The molecule has 0 aliphatic carbocycles. The van der Waals surface area contributed by atoms with E-state index >= 15 is 0 Å². The van der Waals surface area contributed by atoms with E-state index in [0.717, 1.165) is 11.1 Å². The van der Waals surface area contributed by atoms with Gasteiger partial charge in [-0.05, 0) is 29.0 Å². The first-order valence-corrected chi connectivity index (χ1v) is 6.45. The highest BCUT2D eigenvalue weighted by atomic mass is 16.5. The van der Waals surface area contributed by atoms with E-state index in [1.165, 1.54) is 0 Å². The number of benzene rings is 2. The fourth-order valence-corrected chi connectivity index (χ4v) is 1.95. The zero-order valence-electron chi connectivity index (χ0n) is 11.5. The Kier molecular flexibility index (Phi) is 3.77. The van der Waals surface area contributed by atoms with Crippen molar-refractivity contribution >= 4 is 0 Å². The highest BCUT2D eigenvalue weighted by Gasteiger charge is 2.09. The Morgan fingerprint density at radius 3 is 2.62 bits per heavy atom. The van der Waals surface area contributed by atoms with Gasteiger partial charge in [-0.15, -0.1) is 10.2 Å². The maximum Gasteiger partial charge on any atom is 0.204 e.